The molecule has 0 spiro atoms. The van der Waals surface area contributed by atoms with E-state index in [1.54, 1.807) is 25.1 Å². The third-order valence-corrected chi connectivity index (χ3v) is 3.72. The molecule has 0 aromatic heterocycles. The molecule has 5 heteroatoms. The molecule has 2 atom stereocenters. The van der Waals surface area contributed by atoms with Gasteiger partial charge in [-0.3, -0.25) is 0 Å². The zero-order valence-corrected chi connectivity index (χ0v) is 10.5. The molecule has 16 heavy (non-hydrogen) atoms. The molecule has 0 aliphatic heterocycles. The van der Waals surface area contributed by atoms with Crippen molar-refractivity contribution in [2.45, 2.75) is 24.0 Å². The topological polar surface area (TPSA) is 60.7 Å². The lowest BCUT2D eigenvalue weighted by Crippen LogP contribution is -2.14. The lowest BCUT2D eigenvalue weighted by atomic mass is 10.1. The van der Waals surface area contributed by atoms with Crippen LogP contribution in [0, 0.1) is 0 Å². The van der Waals surface area contributed by atoms with Crippen LogP contribution in [-0.2, 0) is 0 Å². The Labute approximate surface area is 104 Å². The average molecular weight is 263 g/mol. The summed E-state index contributed by atoms with van der Waals surface area (Å²) in [5.41, 5.74) is 0.761. The number of aliphatic hydroxyl groups is 3. The molecule has 0 fully saturated rings. The first-order valence-corrected chi connectivity index (χ1v) is 6.30. The van der Waals surface area contributed by atoms with Gasteiger partial charge in [0.1, 0.15) is 0 Å². The summed E-state index contributed by atoms with van der Waals surface area (Å²) in [5.74, 6) is 0.393. The standard InChI is InChI=1S/C11H15ClO3S/c1-7(14)8-2-3-11(10(12)4-8)16-6-9(15)5-13/h2-4,7,9,13-15H,5-6H2,1H3/t7-,9?/m0/s1. The lowest BCUT2D eigenvalue weighted by Gasteiger charge is -2.10. The van der Waals surface area contributed by atoms with E-state index in [0.29, 0.717) is 10.8 Å². The summed E-state index contributed by atoms with van der Waals surface area (Å²) >= 11 is 7.40. The van der Waals surface area contributed by atoms with E-state index in [1.807, 2.05) is 0 Å². The molecule has 3 N–H and O–H groups in total. The van der Waals surface area contributed by atoms with Crippen LogP contribution in [0.2, 0.25) is 5.02 Å². The molecule has 0 amide bonds. The number of aliphatic hydroxyl groups excluding tert-OH is 3. The van der Waals surface area contributed by atoms with E-state index in [2.05, 4.69) is 0 Å². The van der Waals surface area contributed by atoms with Gasteiger partial charge < -0.3 is 15.3 Å². The zero-order chi connectivity index (χ0) is 12.1. The second-order valence-corrected chi connectivity index (χ2v) is 4.98. The number of hydrogen-bond acceptors (Lipinski definition) is 4. The third kappa shape index (κ3) is 3.96. The first-order valence-electron chi connectivity index (χ1n) is 4.93. The van der Waals surface area contributed by atoms with Crippen LogP contribution < -0.4 is 0 Å². The summed E-state index contributed by atoms with van der Waals surface area (Å²) in [6.45, 7) is 1.42. The van der Waals surface area contributed by atoms with Crippen LogP contribution >= 0.6 is 23.4 Å². The Morgan fingerprint density at radius 3 is 2.56 bits per heavy atom. The van der Waals surface area contributed by atoms with Crippen molar-refractivity contribution in [3.05, 3.63) is 28.8 Å². The Bertz CT molecular complexity index is 344. The quantitative estimate of drug-likeness (QED) is 0.709. The normalized spacial score (nSPS) is 14.8. The monoisotopic (exact) mass is 262 g/mol. The van der Waals surface area contributed by atoms with Crippen molar-refractivity contribution >= 4 is 23.4 Å². The maximum Gasteiger partial charge on any atom is 0.0864 e. The Balaban J connectivity index is 2.68. The van der Waals surface area contributed by atoms with Gasteiger partial charge in [-0.1, -0.05) is 17.7 Å². The van der Waals surface area contributed by atoms with Crippen LogP contribution in [0.15, 0.2) is 23.1 Å². The van der Waals surface area contributed by atoms with Crippen molar-refractivity contribution in [2.24, 2.45) is 0 Å². The smallest absolute Gasteiger partial charge is 0.0864 e. The summed E-state index contributed by atoms with van der Waals surface area (Å²) in [6, 6.07) is 5.31. The van der Waals surface area contributed by atoms with Gasteiger partial charge in [0.05, 0.1) is 23.8 Å². The molecule has 1 unspecified atom stereocenters. The maximum atomic E-state index is 9.36. The molecule has 1 rings (SSSR count). The van der Waals surface area contributed by atoms with Gasteiger partial charge in [0.25, 0.3) is 0 Å². The van der Waals surface area contributed by atoms with Crippen molar-refractivity contribution in [1.82, 2.24) is 0 Å². The molecule has 0 aliphatic rings. The molecular weight excluding hydrogens is 248 g/mol. The van der Waals surface area contributed by atoms with E-state index in [1.165, 1.54) is 11.8 Å². The van der Waals surface area contributed by atoms with Crippen LogP contribution in [0.5, 0.6) is 0 Å². The molecule has 0 aliphatic carbocycles. The van der Waals surface area contributed by atoms with Crippen LogP contribution in [0.25, 0.3) is 0 Å². The summed E-state index contributed by atoms with van der Waals surface area (Å²) in [6.07, 6.45) is -1.28. The highest BCUT2D eigenvalue weighted by molar-refractivity contribution is 7.99. The summed E-state index contributed by atoms with van der Waals surface area (Å²) in [4.78, 5) is 0.832. The Kier molecular flexibility index (Phi) is 5.58. The second kappa shape index (κ2) is 6.47. The van der Waals surface area contributed by atoms with Gasteiger partial charge >= 0.3 is 0 Å². The van der Waals surface area contributed by atoms with Gasteiger partial charge in [-0.05, 0) is 24.6 Å². The maximum absolute atomic E-state index is 9.36. The molecular formula is C11H15ClO3S. The molecule has 3 nitrogen and oxygen atoms in total. The molecule has 90 valence electrons. The Morgan fingerprint density at radius 2 is 2.06 bits per heavy atom. The molecule has 0 bridgehead atoms. The van der Waals surface area contributed by atoms with Crippen molar-refractivity contribution in [1.29, 1.82) is 0 Å². The van der Waals surface area contributed by atoms with Crippen molar-refractivity contribution in [3.63, 3.8) is 0 Å². The second-order valence-electron chi connectivity index (χ2n) is 3.51. The highest BCUT2D eigenvalue weighted by Crippen LogP contribution is 2.30. The number of hydrogen-bond donors (Lipinski definition) is 3. The lowest BCUT2D eigenvalue weighted by molar-refractivity contribution is 0.113. The molecule has 0 heterocycles. The molecule has 0 saturated carbocycles. The number of benzene rings is 1. The largest absolute Gasteiger partial charge is 0.394 e. The Hall–Kier alpha value is -0.260. The van der Waals surface area contributed by atoms with Gasteiger partial charge in [0, 0.05) is 10.6 Å². The predicted molar refractivity (Wildman–Crippen MR) is 65.9 cm³/mol. The van der Waals surface area contributed by atoms with E-state index in [9.17, 15) is 10.2 Å². The fourth-order valence-corrected chi connectivity index (χ4v) is 2.32. The number of thioether (sulfide) groups is 1. The van der Waals surface area contributed by atoms with Crippen LogP contribution in [-0.4, -0.2) is 33.8 Å². The fourth-order valence-electron chi connectivity index (χ4n) is 1.13. The van der Waals surface area contributed by atoms with Crippen molar-refractivity contribution < 1.29 is 15.3 Å². The van der Waals surface area contributed by atoms with Gasteiger partial charge in [0.2, 0.25) is 0 Å². The van der Waals surface area contributed by atoms with Crippen LogP contribution in [0.1, 0.15) is 18.6 Å². The number of halogens is 1. The zero-order valence-electron chi connectivity index (χ0n) is 8.93. The number of rotatable bonds is 5. The summed E-state index contributed by atoms with van der Waals surface area (Å²) in [5, 5.41) is 27.8. The average Bonchev–Trinajstić information content (AvgIpc) is 2.26. The van der Waals surface area contributed by atoms with Crippen molar-refractivity contribution in [2.75, 3.05) is 12.4 Å². The van der Waals surface area contributed by atoms with Crippen molar-refractivity contribution in [3.8, 4) is 0 Å². The van der Waals surface area contributed by atoms with E-state index in [-0.39, 0.29) is 6.61 Å². The highest BCUT2D eigenvalue weighted by atomic mass is 35.5. The SMILES string of the molecule is C[C@H](O)c1ccc(SCC(O)CO)c(Cl)c1. The van der Waals surface area contributed by atoms with Gasteiger partial charge in [-0.25, -0.2) is 0 Å². The minimum atomic E-state index is -0.738. The van der Waals surface area contributed by atoms with E-state index in [4.69, 9.17) is 16.7 Å². The fraction of sp³-hybridized carbons (Fsp3) is 0.455. The minimum Gasteiger partial charge on any atom is -0.394 e. The summed E-state index contributed by atoms with van der Waals surface area (Å²) < 4.78 is 0. The first-order chi connectivity index (χ1) is 7.54. The highest BCUT2D eigenvalue weighted by Gasteiger charge is 2.08. The Morgan fingerprint density at radius 1 is 1.38 bits per heavy atom. The molecule has 1 aromatic rings. The predicted octanol–water partition coefficient (Wildman–Crippen LogP) is 1.84. The third-order valence-electron chi connectivity index (χ3n) is 2.08. The van der Waals surface area contributed by atoms with Crippen LogP contribution in [0.4, 0.5) is 0 Å². The summed E-state index contributed by atoms with van der Waals surface area (Å²) in [7, 11) is 0. The van der Waals surface area contributed by atoms with Crippen LogP contribution in [0.3, 0.4) is 0 Å². The molecule has 1 aromatic carbocycles. The molecule has 0 saturated heterocycles. The van der Waals surface area contributed by atoms with E-state index >= 15 is 0 Å². The van der Waals surface area contributed by atoms with Gasteiger partial charge in [-0.2, -0.15) is 0 Å². The molecule has 0 radical (unpaired) electrons. The minimum absolute atomic E-state index is 0.254. The first kappa shape index (κ1) is 13.8. The van der Waals surface area contributed by atoms with E-state index < -0.39 is 12.2 Å². The van der Waals surface area contributed by atoms with Gasteiger partial charge in [-0.15, -0.1) is 11.8 Å². The van der Waals surface area contributed by atoms with Gasteiger partial charge in [0.15, 0.2) is 0 Å². The van der Waals surface area contributed by atoms with E-state index in [0.717, 1.165) is 10.5 Å².